The van der Waals surface area contributed by atoms with E-state index in [1.165, 1.54) is 36.4 Å². The number of nitrogens with zero attached hydrogens (tertiary/aromatic N) is 3. The molecule has 0 unspecified atom stereocenters. The van der Waals surface area contributed by atoms with Crippen molar-refractivity contribution in [2.75, 3.05) is 26.2 Å². The summed E-state index contributed by atoms with van der Waals surface area (Å²) < 4.78 is 66.9. The molecule has 0 N–H and O–H groups in total. The van der Waals surface area contributed by atoms with E-state index in [1.54, 1.807) is 6.07 Å². The maximum atomic E-state index is 13.9. The van der Waals surface area contributed by atoms with Gasteiger partial charge in [-0.15, -0.1) is 0 Å². The van der Waals surface area contributed by atoms with E-state index in [-0.39, 0.29) is 36.6 Å². The molecule has 2 aromatic carbocycles. The first-order valence-electron chi connectivity index (χ1n) is 8.02. The van der Waals surface area contributed by atoms with E-state index in [2.05, 4.69) is 0 Å². The van der Waals surface area contributed by atoms with Crippen LogP contribution in [0.25, 0.3) is 0 Å². The average Bonchev–Trinajstić information content (AvgIpc) is 2.68. The molecule has 0 radical (unpaired) electrons. The standard InChI is InChI=1S/C17H16FN3O4S2/c18-15-6-2-4-8-17(15)27(24,25)21-11-9-20(10-12-21)26(22,23)16-7-3-1-5-14(16)13-19/h1-8H,9-12H2. The van der Waals surface area contributed by atoms with Crippen LogP contribution in [0.1, 0.15) is 5.56 Å². The molecule has 142 valence electrons. The summed E-state index contributed by atoms with van der Waals surface area (Å²) in [6.45, 7) is -0.388. The minimum Gasteiger partial charge on any atom is -0.207 e. The highest BCUT2D eigenvalue weighted by atomic mass is 32.2. The van der Waals surface area contributed by atoms with Crippen LogP contribution in [-0.2, 0) is 20.0 Å². The van der Waals surface area contributed by atoms with Gasteiger partial charge in [0.25, 0.3) is 0 Å². The molecule has 1 saturated heterocycles. The largest absolute Gasteiger partial charge is 0.246 e. The summed E-state index contributed by atoms with van der Waals surface area (Å²) in [7, 11) is -7.99. The van der Waals surface area contributed by atoms with Crippen molar-refractivity contribution in [1.29, 1.82) is 5.26 Å². The molecule has 0 bridgehead atoms. The maximum absolute atomic E-state index is 13.9. The predicted molar refractivity (Wildman–Crippen MR) is 95.1 cm³/mol. The van der Waals surface area contributed by atoms with Crippen molar-refractivity contribution < 1.29 is 21.2 Å². The lowest BCUT2D eigenvalue weighted by molar-refractivity contribution is 0.272. The number of nitriles is 1. The SMILES string of the molecule is N#Cc1ccccc1S(=O)(=O)N1CCN(S(=O)(=O)c2ccccc2F)CC1. The number of hydrogen-bond donors (Lipinski definition) is 0. The monoisotopic (exact) mass is 409 g/mol. The minimum atomic E-state index is -4.05. The molecule has 2 aromatic rings. The quantitative estimate of drug-likeness (QED) is 0.760. The summed E-state index contributed by atoms with van der Waals surface area (Å²) >= 11 is 0. The third kappa shape index (κ3) is 3.59. The van der Waals surface area contributed by atoms with Crippen molar-refractivity contribution in [3.05, 3.63) is 59.9 Å². The Bertz CT molecular complexity index is 1100. The number of piperazine rings is 1. The maximum Gasteiger partial charge on any atom is 0.246 e. The van der Waals surface area contributed by atoms with Crippen LogP contribution in [0.5, 0.6) is 0 Å². The summed E-state index contributed by atoms with van der Waals surface area (Å²) in [5.41, 5.74) is 0.0268. The van der Waals surface area contributed by atoms with Crippen LogP contribution in [0.4, 0.5) is 4.39 Å². The fraction of sp³-hybridized carbons (Fsp3) is 0.235. The highest BCUT2D eigenvalue weighted by molar-refractivity contribution is 7.89. The highest BCUT2D eigenvalue weighted by Gasteiger charge is 2.35. The van der Waals surface area contributed by atoms with Gasteiger partial charge in [-0.05, 0) is 24.3 Å². The van der Waals surface area contributed by atoms with E-state index < -0.39 is 30.8 Å². The van der Waals surface area contributed by atoms with E-state index in [1.807, 2.05) is 6.07 Å². The van der Waals surface area contributed by atoms with Gasteiger partial charge in [0.05, 0.1) is 10.5 Å². The smallest absolute Gasteiger partial charge is 0.207 e. The van der Waals surface area contributed by atoms with Crippen molar-refractivity contribution in [2.24, 2.45) is 0 Å². The first-order valence-corrected chi connectivity index (χ1v) is 10.9. The Kier molecular flexibility index (Phi) is 5.30. The van der Waals surface area contributed by atoms with Crippen molar-refractivity contribution in [3.8, 4) is 6.07 Å². The molecule has 1 aliphatic rings. The van der Waals surface area contributed by atoms with Gasteiger partial charge in [-0.3, -0.25) is 0 Å². The van der Waals surface area contributed by atoms with Crippen molar-refractivity contribution in [2.45, 2.75) is 9.79 Å². The molecule has 0 aliphatic carbocycles. The molecule has 0 atom stereocenters. The lowest BCUT2D eigenvalue weighted by atomic mass is 10.2. The van der Waals surface area contributed by atoms with Gasteiger partial charge in [0, 0.05) is 26.2 Å². The van der Waals surface area contributed by atoms with Gasteiger partial charge in [0.1, 0.15) is 16.8 Å². The molecule has 10 heteroatoms. The van der Waals surface area contributed by atoms with E-state index in [4.69, 9.17) is 5.26 Å². The van der Waals surface area contributed by atoms with Crippen molar-refractivity contribution in [3.63, 3.8) is 0 Å². The fourth-order valence-electron chi connectivity index (χ4n) is 2.87. The topological polar surface area (TPSA) is 98.5 Å². The summed E-state index contributed by atoms with van der Waals surface area (Å²) in [6.07, 6.45) is 0. The molecule has 27 heavy (non-hydrogen) atoms. The molecule has 0 saturated carbocycles. The third-order valence-electron chi connectivity index (χ3n) is 4.28. The summed E-state index contributed by atoms with van der Waals surface area (Å²) in [5.74, 6) is -0.851. The van der Waals surface area contributed by atoms with Crippen LogP contribution in [0.15, 0.2) is 58.3 Å². The lowest BCUT2D eigenvalue weighted by Crippen LogP contribution is -2.50. The lowest BCUT2D eigenvalue weighted by Gasteiger charge is -2.33. The Hall–Kier alpha value is -2.32. The molecule has 0 aromatic heterocycles. The van der Waals surface area contributed by atoms with Gasteiger partial charge in [0.15, 0.2) is 0 Å². The first kappa shape index (κ1) is 19.4. The Morgan fingerprint density at radius 3 is 1.74 bits per heavy atom. The Morgan fingerprint density at radius 1 is 0.778 bits per heavy atom. The molecule has 0 amide bonds. The van der Waals surface area contributed by atoms with Crippen molar-refractivity contribution in [1.82, 2.24) is 8.61 Å². The van der Waals surface area contributed by atoms with E-state index >= 15 is 0 Å². The van der Waals surface area contributed by atoms with Crippen LogP contribution in [0, 0.1) is 17.1 Å². The number of halogens is 1. The number of hydrogen-bond acceptors (Lipinski definition) is 5. The van der Waals surface area contributed by atoms with Gasteiger partial charge >= 0.3 is 0 Å². The van der Waals surface area contributed by atoms with E-state index in [0.29, 0.717) is 0 Å². The van der Waals surface area contributed by atoms with Gasteiger partial charge < -0.3 is 0 Å². The number of sulfonamides is 2. The molecular weight excluding hydrogens is 393 g/mol. The number of rotatable bonds is 4. The summed E-state index contributed by atoms with van der Waals surface area (Å²) in [5, 5.41) is 9.12. The Morgan fingerprint density at radius 2 is 1.22 bits per heavy atom. The van der Waals surface area contributed by atoms with Crippen LogP contribution >= 0.6 is 0 Å². The van der Waals surface area contributed by atoms with Crippen LogP contribution in [0.3, 0.4) is 0 Å². The molecular formula is C17H16FN3O4S2. The van der Waals surface area contributed by atoms with Crippen LogP contribution in [-0.4, -0.2) is 51.6 Å². The molecule has 3 rings (SSSR count). The van der Waals surface area contributed by atoms with Crippen LogP contribution < -0.4 is 0 Å². The Labute approximate surface area is 157 Å². The second-order valence-corrected chi connectivity index (χ2v) is 9.66. The zero-order valence-electron chi connectivity index (χ0n) is 14.1. The van der Waals surface area contributed by atoms with E-state index in [0.717, 1.165) is 14.7 Å². The molecule has 1 aliphatic heterocycles. The molecule has 1 heterocycles. The number of benzene rings is 2. The van der Waals surface area contributed by atoms with Gasteiger partial charge in [-0.2, -0.15) is 13.9 Å². The van der Waals surface area contributed by atoms with Gasteiger partial charge in [-0.25, -0.2) is 21.2 Å². The second kappa shape index (κ2) is 7.36. The zero-order valence-corrected chi connectivity index (χ0v) is 15.7. The van der Waals surface area contributed by atoms with Gasteiger partial charge in [-0.1, -0.05) is 24.3 Å². The molecule has 7 nitrogen and oxygen atoms in total. The predicted octanol–water partition coefficient (Wildman–Crippen LogP) is 1.39. The molecule has 0 spiro atoms. The highest BCUT2D eigenvalue weighted by Crippen LogP contribution is 2.24. The summed E-state index contributed by atoms with van der Waals surface area (Å²) in [6, 6.07) is 12.7. The minimum absolute atomic E-state index is 0.0268. The second-order valence-electron chi connectivity index (χ2n) is 5.85. The van der Waals surface area contributed by atoms with Gasteiger partial charge in [0.2, 0.25) is 20.0 Å². The fourth-order valence-corrected chi connectivity index (χ4v) is 5.92. The van der Waals surface area contributed by atoms with Crippen molar-refractivity contribution >= 4 is 20.0 Å². The van der Waals surface area contributed by atoms with Crippen LogP contribution in [0.2, 0.25) is 0 Å². The normalized spacial score (nSPS) is 16.7. The average molecular weight is 409 g/mol. The summed E-state index contributed by atoms with van der Waals surface area (Å²) in [4.78, 5) is -0.547. The zero-order chi connectivity index (χ0) is 19.7. The first-order chi connectivity index (χ1) is 12.8. The molecule has 1 fully saturated rings. The Balaban J connectivity index is 1.81. The van der Waals surface area contributed by atoms with E-state index in [9.17, 15) is 21.2 Å². The third-order valence-corrected chi connectivity index (χ3v) is 8.17.